The fourth-order valence-electron chi connectivity index (χ4n) is 6.29. The highest BCUT2D eigenvalue weighted by molar-refractivity contribution is 8.14. The number of thioether (sulfide) groups is 1. The number of nitrogens with zero attached hydrogens (tertiary/aromatic N) is 2. The van der Waals surface area contributed by atoms with Crippen LogP contribution >= 0.6 is 11.8 Å². The van der Waals surface area contributed by atoms with Gasteiger partial charge in [0.15, 0.2) is 0 Å². The van der Waals surface area contributed by atoms with Gasteiger partial charge in [0.1, 0.15) is 30.2 Å². The van der Waals surface area contributed by atoms with Crippen LogP contribution in [-0.2, 0) is 35.1 Å². The molecule has 0 aromatic heterocycles. The van der Waals surface area contributed by atoms with E-state index in [1.807, 2.05) is 58.0 Å². The maximum Gasteiger partial charge on any atom is 0.246 e. The molecule has 5 amide bonds. The van der Waals surface area contributed by atoms with Gasteiger partial charge in [0.25, 0.3) is 0 Å². The summed E-state index contributed by atoms with van der Waals surface area (Å²) in [6.07, 6.45) is 1.94. The lowest BCUT2D eigenvalue weighted by Gasteiger charge is -2.34. The standard InChI is InChI=1S/C36H52N6O6S/c1-9-36(7,8)48-22(6)29-33(46)37-24(18-23-14-11-10-12-15-23)35(47)42-17-13-16-26(42)31(44)39-27(20(2)3)32(45)40-28(21(4)5)34-38-25(19-49-34)30(43)41-29/h9-12,14-15,20-22,24-29H,1,13,16-19H2,2-8H3,(H,37,46)(H,39,44)(H,40,45)(H,41,43). The topological polar surface area (TPSA) is 158 Å². The van der Waals surface area contributed by atoms with Crippen LogP contribution in [-0.4, -0.2) is 99.7 Å². The van der Waals surface area contributed by atoms with Crippen molar-refractivity contribution in [2.24, 2.45) is 16.8 Å². The highest BCUT2D eigenvalue weighted by atomic mass is 32.2. The molecule has 7 atom stereocenters. The zero-order valence-electron chi connectivity index (χ0n) is 29.7. The Balaban J connectivity index is 1.78. The minimum Gasteiger partial charge on any atom is -0.366 e. The Morgan fingerprint density at radius 3 is 2.14 bits per heavy atom. The second kappa shape index (κ2) is 16.3. The number of aliphatic imine (C=N–C) groups is 1. The molecule has 49 heavy (non-hydrogen) atoms. The van der Waals surface area contributed by atoms with Crippen LogP contribution in [0, 0.1) is 11.8 Å². The van der Waals surface area contributed by atoms with E-state index in [1.54, 1.807) is 26.8 Å². The van der Waals surface area contributed by atoms with Crippen LogP contribution in [0.15, 0.2) is 48.0 Å². The van der Waals surface area contributed by atoms with Crippen molar-refractivity contribution in [3.63, 3.8) is 0 Å². The van der Waals surface area contributed by atoms with Crippen LogP contribution in [0.4, 0.5) is 0 Å². The third-order valence-corrected chi connectivity index (χ3v) is 10.4. The lowest BCUT2D eigenvalue weighted by Crippen LogP contribution is -2.61. The van der Waals surface area contributed by atoms with Crippen molar-refractivity contribution in [2.45, 2.75) is 116 Å². The Labute approximate surface area is 294 Å². The van der Waals surface area contributed by atoms with Gasteiger partial charge in [0, 0.05) is 18.7 Å². The van der Waals surface area contributed by atoms with Crippen molar-refractivity contribution < 1.29 is 28.7 Å². The molecular formula is C36H52N6O6S. The Morgan fingerprint density at radius 2 is 1.51 bits per heavy atom. The van der Waals surface area contributed by atoms with Crippen molar-refractivity contribution in [3.8, 4) is 0 Å². The number of carbonyl (C=O) groups is 5. The molecule has 0 aliphatic carbocycles. The monoisotopic (exact) mass is 696 g/mol. The predicted octanol–water partition coefficient (Wildman–Crippen LogP) is 2.37. The lowest BCUT2D eigenvalue weighted by molar-refractivity contribution is -0.144. The Kier molecular flexibility index (Phi) is 12.7. The zero-order chi connectivity index (χ0) is 36.0. The van der Waals surface area contributed by atoms with E-state index in [0.29, 0.717) is 30.2 Å². The normalized spacial score (nSPS) is 28.1. The lowest BCUT2D eigenvalue weighted by atomic mass is 9.99. The van der Waals surface area contributed by atoms with E-state index >= 15 is 0 Å². The molecule has 7 unspecified atom stereocenters. The molecule has 268 valence electrons. The molecule has 3 aliphatic heterocycles. The maximum absolute atomic E-state index is 14.3. The van der Waals surface area contributed by atoms with E-state index in [1.165, 1.54) is 16.7 Å². The van der Waals surface area contributed by atoms with Crippen LogP contribution in [0.5, 0.6) is 0 Å². The van der Waals surface area contributed by atoms with E-state index < -0.39 is 71.6 Å². The summed E-state index contributed by atoms with van der Waals surface area (Å²) < 4.78 is 6.18. The molecular weight excluding hydrogens is 644 g/mol. The number of benzene rings is 1. The Bertz CT molecular complexity index is 1430. The third kappa shape index (κ3) is 9.50. The van der Waals surface area contributed by atoms with Gasteiger partial charge in [-0.2, -0.15) is 0 Å². The first-order valence-electron chi connectivity index (χ1n) is 17.2. The summed E-state index contributed by atoms with van der Waals surface area (Å²) in [6.45, 7) is 17.0. The van der Waals surface area contributed by atoms with Gasteiger partial charge < -0.3 is 30.9 Å². The van der Waals surface area contributed by atoms with Crippen LogP contribution in [0.3, 0.4) is 0 Å². The number of hydrogen-bond donors (Lipinski definition) is 4. The zero-order valence-corrected chi connectivity index (χ0v) is 30.5. The SMILES string of the molecule is C=CC(C)(C)OC(C)C1NC(=O)C2CSC(=N2)C(C(C)C)NC(=O)C(C(C)C)NC(=O)C2CCCN2C(=O)C(Cc2ccccc2)NC1=O. The Morgan fingerprint density at radius 1 is 0.898 bits per heavy atom. The summed E-state index contributed by atoms with van der Waals surface area (Å²) in [5.41, 5.74) is -0.0149. The van der Waals surface area contributed by atoms with Gasteiger partial charge in [-0.05, 0) is 51.0 Å². The third-order valence-electron chi connectivity index (χ3n) is 9.22. The number of carbonyl (C=O) groups excluding carboxylic acids is 5. The first kappa shape index (κ1) is 38.1. The van der Waals surface area contributed by atoms with Gasteiger partial charge in [-0.1, -0.05) is 64.1 Å². The molecule has 1 fully saturated rings. The average molecular weight is 697 g/mol. The van der Waals surface area contributed by atoms with E-state index in [-0.39, 0.29) is 24.2 Å². The number of hydrogen-bond acceptors (Lipinski definition) is 8. The summed E-state index contributed by atoms with van der Waals surface area (Å²) in [7, 11) is 0. The predicted molar refractivity (Wildman–Crippen MR) is 191 cm³/mol. The van der Waals surface area contributed by atoms with Crippen molar-refractivity contribution in [1.29, 1.82) is 0 Å². The fourth-order valence-corrected chi connectivity index (χ4v) is 7.56. The molecule has 1 aromatic carbocycles. The second-order valence-corrected chi connectivity index (χ2v) is 15.4. The summed E-state index contributed by atoms with van der Waals surface area (Å²) in [5.74, 6) is -2.27. The molecule has 0 saturated carbocycles. The molecule has 13 heteroatoms. The smallest absolute Gasteiger partial charge is 0.246 e. The summed E-state index contributed by atoms with van der Waals surface area (Å²) in [4.78, 5) is 76.1. The highest BCUT2D eigenvalue weighted by Gasteiger charge is 2.42. The molecule has 4 N–H and O–H groups in total. The van der Waals surface area contributed by atoms with E-state index in [9.17, 15) is 24.0 Å². The van der Waals surface area contributed by atoms with E-state index in [0.717, 1.165) is 5.56 Å². The Hall–Kier alpha value is -3.71. The maximum atomic E-state index is 14.3. The molecule has 1 saturated heterocycles. The molecule has 0 spiro atoms. The molecule has 1 aromatic rings. The second-order valence-electron chi connectivity index (χ2n) is 14.3. The van der Waals surface area contributed by atoms with Crippen molar-refractivity contribution in [1.82, 2.24) is 26.2 Å². The largest absolute Gasteiger partial charge is 0.366 e. The number of nitrogens with one attached hydrogen (secondary N) is 4. The molecule has 3 heterocycles. The minimum atomic E-state index is -1.19. The molecule has 4 rings (SSSR count). The van der Waals surface area contributed by atoms with Crippen molar-refractivity contribution >= 4 is 46.3 Å². The average Bonchev–Trinajstić information content (AvgIpc) is 3.74. The number of rotatable bonds is 8. The summed E-state index contributed by atoms with van der Waals surface area (Å²) in [6, 6.07) is 4.04. The van der Waals surface area contributed by atoms with Crippen LogP contribution in [0.2, 0.25) is 0 Å². The van der Waals surface area contributed by atoms with Gasteiger partial charge in [-0.3, -0.25) is 29.0 Å². The first-order valence-corrected chi connectivity index (χ1v) is 18.2. The highest BCUT2D eigenvalue weighted by Crippen LogP contribution is 2.26. The summed E-state index contributed by atoms with van der Waals surface area (Å²) >= 11 is 1.38. The molecule has 2 bridgehead atoms. The van der Waals surface area contributed by atoms with E-state index in [2.05, 4.69) is 27.8 Å². The van der Waals surface area contributed by atoms with Gasteiger partial charge in [0.05, 0.1) is 22.8 Å². The van der Waals surface area contributed by atoms with Crippen LogP contribution in [0.1, 0.15) is 66.9 Å². The fraction of sp³-hybridized carbons (Fsp3) is 0.611. The minimum absolute atomic E-state index is 0.0660. The first-order chi connectivity index (χ1) is 23.1. The van der Waals surface area contributed by atoms with Gasteiger partial charge in [-0.15, -0.1) is 18.3 Å². The van der Waals surface area contributed by atoms with Crippen LogP contribution < -0.4 is 21.3 Å². The molecule has 0 radical (unpaired) electrons. The van der Waals surface area contributed by atoms with Crippen molar-refractivity contribution in [3.05, 3.63) is 48.6 Å². The molecule has 3 aliphatic rings. The van der Waals surface area contributed by atoms with Gasteiger partial charge >= 0.3 is 0 Å². The van der Waals surface area contributed by atoms with E-state index in [4.69, 9.17) is 9.73 Å². The number of ether oxygens (including phenoxy) is 1. The quantitative estimate of drug-likeness (QED) is 0.304. The van der Waals surface area contributed by atoms with Crippen molar-refractivity contribution in [2.75, 3.05) is 12.3 Å². The van der Waals surface area contributed by atoms with Crippen LogP contribution in [0.25, 0.3) is 0 Å². The van der Waals surface area contributed by atoms with Gasteiger partial charge in [-0.25, -0.2) is 0 Å². The molecule has 12 nitrogen and oxygen atoms in total. The van der Waals surface area contributed by atoms with Gasteiger partial charge in [0.2, 0.25) is 29.5 Å². The summed E-state index contributed by atoms with van der Waals surface area (Å²) in [5, 5.41) is 12.4. The number of amides is 5. The number of fused-ring (bicyclic) bond motifs is 2.